The third-order valence-electron chi connectivity index (χ3n) is 4.24. The van der Waals surface area contributed by atoms with E-state index in [1.165, 1.54) is 23.9 Å². The maximum absolute atomic E-state index is 13.6. The van der Waals surface area contributed by atoms with Gasteiger partial charge in [-0.25, -0.2) is 15.0 Å². The van der Waals surface area contributed by atoms with Crippen molar-refractivity contribution in [1.29, 1.82) is 0 Å². The van der Waals surface area contributed by atoms with Gasteiger partial charge in [-0.15, -0.1) is 0 Å². The highest BCUT2D eigenvalue weighted by Crippen LogP contribution is 2.42. The zero-order chi connectivity index (χ0) is 19.3. The molecule has 0 spiro atoms. The number of benzene rings is 1. The fourth-order valence-corrected chi connectivity index (χ4v) is 3.80. The van der Waals surface area contributed by atoms with E-state index in [4.69, 9.17) is 9.47 Å². The quantitative estimate of drug-likeness (QED) is 0.474. The molecule has 0 saturated carbocycles. The molecule has 1 aliphatic rings. The van der Waals surface area contributed by atoms with Crippen molar-refractivity contribution in [2.75, 3.05) is 6.79 Å². The minimum Gasteiger partial charge on any atom is -0.454 e. The molecule has 0 radical (unpaired) electrons. The summed E-state index contributed by atoms with van der Waals surface area (Å²) >= 11 is 1.18. The zero-order valence-corrected chi connectivity index (χ0v) is 14.9. The van der Waals surface area contributed by atoms with Gasteiger partial charge in [0.2, 0.25) is 12.6 Å². The molecule has 28 heavy (non-hydrogen) atoms. The smallest absolute Gasteiger partial charge is 0.417 e. The number of aromatic nitrogens is 4. The van der Waals surface area contributed by atoms with Gasteiger partial charge in [-0.3, -0.25) is 4.40 Å². The number of halogens is 3. The van der Waals surface area contributed by atoms with Crippen molar-refractivity contribution in [3.63, 3.8) is 0 Å². The lowest BCUT2D eigenvalue weighted by Crippen LogP contribution is -2.07. The normalized spacial score (nSPS) is 13.5. The van der Waals surface area contributed by atoms with E-state index in [1.54, 1.807) is 22.9 Å². The van der Waals surface area contributed by atoms with E-state index in [0.29, 0.717) is 23.0 Å². The molecule has 3 aromatic heterocycles. The van der Waals surface area contributed by atoms with Gasteiger partial charge in [-0.2, -0.15) is 13.2 Å². The molecule has 0 saturated heterocycles. The number of hydrogen-bond donors (Lipinski definition) is 0. The topological polar surface area (TPSA) is 61.5 Å². The lowest BCUT2D eigenvalue weighted by molar-refractivity contribution is -0.136. The highest BCUT2D eigenvalue weighted by Gasteiger charge is 2.34. The Morgan fingerprint density at radius 2 is 1.93 bits per heavy atom. The van der Waals surface area contributed by atoms with Crippen molar-refractivity contribution in [1.82, 2.24) is 19.4 Å². The average Bonchev–Trinajstić information content (AvgIpc) is 3.28. The van der Waals surface area contributed by atoms with Gasteiger partial charge in [-0.1, -0.05) is 11.8 Å². The first-order valence-electron chi connectivity index (χ1n) is 8.20. The maximum Gasteiger partial charge on any atom is 0.417 e. The van der Waals surface area contributed by atoms with E-state index in [0.717, 1.165) is 6.07 Å². The Morgan fingerprint density at radius 3 is 2.71 bits per heavy atom. The summed E-state index contributed by atoms with van der Waals surface area (Å²) in [5.41, 5.74) is 0.151. The van der Waals surface area contributed by atoms with Crippen molar-refractivity contribution in [2.45, 2.75) is 17.0 Å². The molecule has 0 amide bonds. The standard InChI is InChI=1S/C18H11F3N4O2S/c19-18(20,21)12-5-16(24-13-6-15-14(4-11(12)13)26-9-27-15)28-8-10-7-25-3-1-2-22-17(25)23-10/h1-7H,8-9H2. The van der Waals surface area contributed by atoms with Crippen molar-refractivity contribution in [3.8, 4) is 11.5 Å². The molecule has 4 aromatic rings. The van der Waals surface area contributed by atoms with Crippen LogP contribution in [-0.4, -0.2) is 26.1 Å². The summed E-state index contributed by atoms with van der Waals surface area (Å²) in [6, 6.07) is 5.64. The van der Waals surface area contributed by atoms with Crippen molar-refractivity contribution in [2.24, 2.45) is 0 Å². The molecule has 10 heteroatoms. The molecule has 1 aliphatic heterocycles. The predicted octanol–water partition coefficient (Wildman–Crippen LogP) is 4.32. The van der Waals surface area contributed by atoms with E-state index >= 15 is 0 Å². The number of fused-ring (bicyclic) bond motifs is 3. The molecular weight excluding hydrogens is 393 g/mol. The van der Waals surface area contributed by atoms with Crippen LogP contribution in [0, 0.1) is 0 Å². The van der Waals surface area contributed by atoms with Crippen molar-refractivity contribution in [3.05, 3.63) is 54.1 Å². The van der Waals surface area contributed by atoms with Gasteiger partial charge in [0.25, 0.3) is 0 Å². The van der Waals surface area contributed by atoms with Crippen LogP contribution in [0.15, 0.2) is 47.9 Å². The lowest BCUT2D eigenvalue weighted by atomic mass is 10.1. The van der Waals surface area contributed by atoms with Crippen LogP contribution in [0.25, 0.3) is 16.7 Å². The predicted molar refractivity (Wildman–Crippen MR) is 95.4 cm³/mol. The molecule has 0 unspecified atom stereocenters. The molecule has 1 aromatic carbocycles. The molecular formula is C18H11F3N4O2S. The van der Waals surface area contributed by atoms with Crippen LogP contribution in [0.4, 0.5) is 13.2 Å². The minimum atomic E-state index is -4.52. The number of imidazole rings is 1. The Bertz CT molecular complexity index is 1180. The minimum absolute atomic E-state index is 0.0157. The number of pyridine rings is 1. The first-order chi connectivity index (χ1) is 13.5. The largest absolute Gasteiger partial charge is 0.454 e. The summed E-state index contributed by atoms with van der Waals surface area (Å²) in [5.74, 6) is 1.58. The number of ether oxygens (including phenoxy) is 2. The number of nitrogens with zero attached hydrogens (tertiary/aromatic N) is 4. The van der Waals surface area contributed by atoms with E-state index in [9.17, 15) is 13.2 Å². The fraction of sp³-hybridized carbons (Fsp3) is 0.167. The van der Waals surface area contributed by atoms with E-state index in [-0.39, 0.29) is 28.5 Å². The summed E-state index contributed by atoms with van der Waals surface area (Å²) in [6.45, 7) is -0.0173. The summed E-state index contributed by atoms with van der Waals surface area (Å²) < 4.78 is 53.1. The molecule has 6 nitrogen and oxygen atoms in total. The molecule has 0 N–H and O–H groups in total. The number of hydrogen-bond acceptors (Lipinski definition) is 6. The Balaban J connectivity index is 1.52. The monoisotopic (exact) mass is 404 g/mol. The van der Waals surface area contributed by atoms with E-state index < -0.39 is 11.7 Å². The Hall–Kier alpha value is -3.01. The molecule has 0 aliphatic carbocycles. The van der Waals surface area contributed by atoms with Crippen LogP contribution in [0.1, 0.15) is 11.3 Å². The Labute approximate surface area is 160 Å². The molecule has 0 fully saturated rings. The summed E-state index contributed by atoms with van der Waals surface area (Å²) in [7, 11) is 0. The number of rotatable bonds is 3. The van der Waals surface area contributed by atoms with Crippen molar-refractivity contribution >= 4 is 28.4 Å². The van der Waals surface area contributed by atoms with Gasteiger partial charge in [0.15, 0.2) is 11.5 Å². The fourth-order valence-electron chi connectivity index (χ4n) is 3.00. The van der Waals surface area contributed by atoms with Crippen LogP contribution in [0.2, 0.25) is 0 Å². The first kappa shape index (κ1) is 17.1. The second-order valence-electron chi connectivity index (χ2n) is 6.08. The van der Waals surface area contributed by atoms with Crippen molar-refractivity contribution < 1.29 is 22.6 Å². The van der Waals surface area contributed by atoms with Crippen LogP contribution >= 0.6 is 11.8 Å². The van der Waals surface area contributed by atoms with Gasteiger partial charge >= 0.3 is 6.18 Å². The first-order valence-corrected chi connectivity index (χ1v) is 9.19. The third kappa shape index (κ3) is 2.99. The van der Waals surface area contributed by atoms with E-state index in [2.05, 4.69) is 15.0 Å². The third-order valence-corrected chi connectivity index (χ3v) is 5.18. The Morgan fingerprint density at radius 1 is 1.11 bits per heavy atom. The Kier molecular flexibility index (Phi) is 3.83. The highest BCUT2D eigenvalue weighted by atomic mass is 32.2. The SMILES string of the molecule is FC(F)(F)c1cc(SCc2cn3cccnc3n2)nc2cc3c(cc12)OCO3. The zero-order valence-electron chi connectivity index (χ0n) is 14.1. The van der Waals surface area contributed by atoms with Gasteiger partial charge in [0.1, 0.15) is 0 Å². The number of alkyl halides is 3. The molecule has 142 valence electrons. The highest BCUT2D eigenvalue weighted by molar-refractivity contribution is 7.98. The molecule has 0 bridgehead atoms. The summed E-state index contributed by atoms with van der Waals surface area (Å²) in [5, 5.41) is 0.238. The lowest BCUT2D eigenvalue weighted by Gasteiger charge is -2.12. The van der Waals surface area contributed by atoms with Crippen LogP contribution in [-0.2, 0) is 11.9 Å². The van der Waals surface area contributed by atoms with Crippen LogP contribution < -0.4 is 9.47 Å². The van der Waals surface area contributed by atoms with E-state index in [1.807, 2.05) is 6.20 Å². The summed E-state index contributed by atoms with van der Waals surface area (Å²) in [4.78, 5) is 12.9. The van der Waals surface area contributed by atoms with Gasteiger partial charge in [0.05, 0.1) is 21.8 Å². The van der Waals surface area contributed by atoms with Gasteiger partial charge in [0, 0.05) is 35.8 Å². The van der Waals surface area contributed by atoms with Crippen LogP contribution in [0.3, 0.4) is 0 Å². The second-order valence-corrected chi connectivity index (χ2v) is 7.07. The number of thioether (sulfide) groups is 1. The molecule has 5 rings (SSSR count). The van der Waals surface area contributed by atoms with Gasteiger partial charge < -0.3 is 9.47 Å². The average molecular weight is 404 g/mol. The summed E-state index contributed by atoms with van der Waals surface area (Å²) in [6.07, 6.45) is 0.711. The second kappa shape index (κ2) is 6.26. The molecule has 0 atom stereocenters. The van der Waals surface area contributed by atoms with Gasteiger partial charge in [-0.05, 0) is 18.2 Å². The molecule has 4 heterocycles. The maximum atomic E-state index is 13.6. The van der Waals surface area contributed by atoms with Crippen LogP contribution in [0.5, 0.6) is 11.5 Å².